The fourth-order valence-corrected chi connectivity index (χ4v) is 8.91. The van der Waals surface area contributed by atoms with Crippen LogP contribution < -0.4 is 4.90 Å². The van der Waals surface area contributed by atoms with E-state index in [9.17, 15) is 0 Å². The normalized spacial score (nSPS) is 11.5. The summed E-state index contributed by atoms with van der Waals surface area (Å²) in [7, 11) is 0. The van der Waals surface area contributed by atoms with Crippen LogP contribution in [0.4, 0.5) is 17.1 Å². The van der Waals surface area contributed by atoms with Gasteiger partial charge in [0.05, 0.1) is 5.69 Å². The van der Waals surface area contributed by atoms with E-state index in [0.717, 1.165) is 17.1 Å². The zero-order chi connectivity index (χ0) is 34.4. The average molecular weight is 680 g/mol. The Labute approximate surface area is 307 Å². The molecule has 0 amide bonds. The van der Waals surface area contributed by atoms with Gasteiger partial charge in [0.2, 0.25) is 0 Å². The summed E-state index contributed by atoms with van der Waals surface area (Å²) in [6.07, 6.45) is 0. The molecule has 0 aliphatic rings. The molecule has 10 rings (SSSR count). The van der Waals surface area contributed by atoms with Crippen molar-refractivity contribution in [2.45, 2.75) is 0 Å². The molecule has 0 saturated carbocycles. The molecule has 0 aliphatic carbocycles. The summed E-state index contributed by atoms with van der Waals surface area (Å²) >= 11 is 1.86. The predicted molar refractivity (Wildman–Crippen MR) is 225 cm³/mol. The molecule has 0 atom stereocenters. The van der Waals surface area contributed by atoms with Crippen LogP contribution in [0.15, 0.2) is 200 Å². The van der Waals surface area contributed by atoms with Crippen LogP contribution in [-0.2, 0) is 0 Å². The number of thiophene rings is 1. The highest BCUT2D eigenvalue weighted by Crippen LogP contribution is 2.46. The van der Waals surface area contributed by atoms with E-state index in [0.29, 0.717) is 0 Å². The van der Waals surface area contributed by atoms with Gasteiger partial charge in [-0.05, 0) is 85.8 Å². The summed E-state index contributed by atoms with van der Waals surface area (Å²) in [6.45, 7) is 0. The van der Waals surface area contributed by atoms with Crippen molar-refractivity contribution in [2.24, 2.45) is 0 Å². The fourth-order valence-electron chi connectivity index (χ4n) is 7.77. The zero-order valence-corrected chi connectivity index (χ0v) is 29.2. The van der Waals surface area contributed by atoms with Gasteiger partial charge in [-0.1, -0.05) is 164 Å². The van der Waals surface area contributed by atoms with Crippen molar-refractivity contribution < 1.29 is 0 Å². The van der Waals surface area contributed by atoms with Gasteiger partial charge in [0.15, 0.2) is 0 Å². The lowest BCUT2D eigenvalue weighted by atomic mass is 9.94. The maximum absolute atomic E-state index is 2.45. The number of nitrogens with zero attached hydrogens (tertiary/aromatic N) is 1. The van der Waals surface area contributed by atoms with Crippen LogP contribution in [0, 0.1) is 0 Å². The Morgan fingerprint density at radius 2 is 0.846 bits per heavy atom. The van der Waals surface area contributed by atoms with Crippen LogP contribution >= 0.6 is 11.3 Å². The molecular formula is C50H33NS. The highest BCUT2D eigenvalue weighted by molar-refractivity contribution is 7.25. The maximum atomic E-state index is 2.45. The third-order valence-electron chi connectivity index (χ3n) is 10.3. The Bertz CT molecular complexity index is 2890. The number of benzene rings is 9. The minimum atomic E-state index is 1.11. The highest BCUT2D eigenvalue weighted by Gasteiger charge is 2.20. The second-order valence-corrected chi connectivity index (χ2v) is 14.4. The van der Waals surface area contributed by atoms with Gasteiger partial charge in [-0.3, -0.25) is 0 Å². The number of rotatable bonds is 6. The van der Waals surface area contributed by atoms with Crippen molar-refractivity contribution in [3.63, 3.8) is 0 Å². The molecule has 10 aromatic rings. The van der Waals surface area contributed by atoms with Gasteiger partial charge in [-0.15, -0.1) is 11.3 Å². The summed E-state index contributed by atoms with van der Waals surface area (Å²) < 4.78 is 2.59. The van der Waals surface area contributed by atoms with E-state index in [-0.39, 0.29) is 0 Å². The van der Waals surface area contributed by atoms with Gasteiger partial charge in [-0.25, -0.2) is 0 Å². The van der Waals surface area contributed by atoms with Gasteiger partial charge in [0.1, 0.15) is 0 Å². The summed E-state index contributed by atoms with van der Waals surface area (Å²) in [4.78, 5) is 2.45. The topological polar surface area (TPSA) is 3.24 Å². The molecule has 9 aromatic carbocycles. The molecule has 0 aliphatic heterocycles. The van der Waals surface area contributed by atoms with Crippen LogP contribution in [0.1, 0.15) is 0 Å². The zero-order valence-electron chi connectivity index (χ0n) is 28.4. The van der Waals surface area contributed by atoms with Crippen LogP contribution in [0.3, 0.4) is 0 Å². The minimum absolute atomic E-state index is 1.11. The summed E-state index contributed by atoms with van der Waals surface area (Å²) in [5, 5.41) is 7.61. The molecule has 1 heterocycles. The van der Waals surface area contributed by atoms with Gasteiger partial charge >= 0.3 is 0 Å². The first-order valence-electron chi connectivity index (χ1n) is 17.8. The van der Waals surface area contributed by atoms with Gasteiger partial charge in [0, 0.05) is 37.1 Å². The lowest BCUT2D eigenvalue weighted by Gasteiger charge is -2.29. The Morgan fingerprint density at radius 1 is 0.308 bits per heavy atom. The first-order chi connectivity index (χ1) is 25.8. The van der Waals surface area contributed by atoms with Gasteiger partial charge < -0.3 is 4.90 Å². The van der Waals surface area contributed by atoms with Crippen LogP contribution in [0.5, 0.6) is 0 Å². The largest absolute Gasteiger partial charge is 0.310 e. The average Bonchev–Trinajstić information content (AvgIpc) is 3.59. The summed E-state index contributed by atoms with van der Waals surface area (Å²) in [6, 6.07) is 73.1. The van der Waals surface area contributed by atoms with Crippen molar-refractivity contribution >= 4 is 70.1 Å². The number of hydrogen-bond donors (Lipinski definition) is 0. The Hall–Kier alpha value is -6.48. The second-order valence-electron chi connectivity index (χ2n) is 13.3. The van der Waals surface area contributed by atoms with Gasteiger partial charge in [-0.2, -0.15) is 0 Å². The van der Waals surface area contributed by atoms with E-state index in [1.54, 1.807) is 0 Å². The van der Waals surface area contributed by atoms with Crippen molar-refractivity contribution in [3.8, 4) is 33.4 Å². The predicted octanol–water partition coefficient (Wildman–Crippen LogP) is 14.8. The van der Waals surface area contributed by atoms with E-state index < -0.39 is 0 Å². The molecule has 0 unspecified atom stereocenters. The number of fused-ring (bicyclic) bond motifs is 5. The third kappa shape index (κ3) is 5.24. The molecule has 1 nitrogen and oxygen atoms in total. The molecule has 0 radical (unpaired) electrons. The van der Waals surface area contributed by atoms with E-state index >= 15 is 0 Å². The van der Waals surface area contributed by atoms with Crippen LogP contribution in [0.2, 0.25) is 0 Å². The molecular weight excluding hydrogens is 647 g/mol. The standard InChI is InChI=1S/C50H33NS/c1-2-12-36(13-3-1)45-30-26-38(44-22-11-17-35-15-5-7-19-42(35)44)32-48(45)51(40-29-31-47-46-20-8-9-23-49(46)52-50(47)33-40)39-27-24-37(25-28-39)43-21-10-16-34-14-4-6-18-41(34)43/h1-33H. The Kier molecular flexibility index (Phi) is 7.41. The maximum Gasteiger partial charge on any atom is 0.0546 e. The first-order valence-corrected chi connectivity index (χ1v) is 18.6. The van der Waals surface area contributed by atoms with E-state index in [1.165, 1.54) is 75.1 Å². The summed E-state index contributed by atoms with van der Waals surface area (Å²) in [5.41, 5.74) is 10.6. The smallest absolute Gasteiger partial charge is 0.0546 e. The number of anilines is 3. The lowest BCUT2D eigenvalue weighted by Crippen LogP contribution is -2.11. The molecule has 0 fully saturated rings. The molecule has 0 bridgehead atoms. The Morgan fingerprint density at radius 3 is 1.58 bits per heavy atom. The molecule has 52 heavy (non-hydrogen) atoms. The van der Waals surface area contributed by atoms with E-state index in [1.807, 2.05) is 11.3 Å². The van der Waals surface area contributed by atoms with Crippen LogP contribution in [-0.4, -0.2) is 0 Å². The Balaban J connectivity index is 1.21. The van der Waals surface area contributed by atoms with Crippen molar-refractivity contribution in [1.29, 1.82) is 0 Å². The molecule has 2 heteroatoms. The van der Waals surface area contributed by atoms with Crippen LogP contribution in [0.25, 0.3) is 75.1 Å². The van der Waals surface area contributed by atoms with Gasteiger partial charge in [0.25, 0.3) is 0 Å². The van der Waals surface area contributed by atoms with Crippen molar-refractivity contribution in [1.82, 2.24) is 0 Å². The molecule has 1 aromatic heterocycles. The minimum Gasteiger partial charge on any atom is -0.310 e. The lowest BCUT2D eigenvalue weighted by molar-refractivity contribution is 1.29. The monoisotopic (exact) mass is 679 g/mol. The third-order valence-corrected chi connectivity index (χ3v) is 11.4. The van der Waals surface area contributed by atoms with Crippen molar-refractivity contribution in [3.05, 3.63) is 200 Å². The summed E-state index contributed by atoms with van der Waals surface area (Å²) in [5.74, 6) is 0. The van der Waals surface area contributed by atoms with E-state index in [2.05, 4.69) is 205 Å². The van der Waals surface area contributed by atoms with Crippen molar-refractivity contribution in [2.75, 3.05) is 4.90 Å². The molecule has 0 N–H and O–H groups in total. The molecule has 0 saturated heterocycles. The van der Waals surface area contributed by atoms with E-state index in [4.69, 9.17) is 0 Å². The highest BCUT2D eigenvalue weighted by atomic mass is 32.1. The quantitative estimate of drug-likeness (QED) is 0.169. The first kappa shape index (κ1) is 30.4. The SMILES string of the molecule is c1ccc(-c2ccc(-c3cccc4ccccc34)cc2N(c2ccc(-c3cccc4ccccc34)cc2)c2ccc3c(c2)sc2ccccc23)cc1. The fraction of sp³-hybridized carbons (Fsp3) is 0. The number of hydrogen-bond acceptors (Lipinski definition) is 2. The second kappa shape index (κ2) is 12.7. The molecule has 0 spiro atoms. The molecule has 244 valence electrons.